The molecule has 0 unspecified atom stereocenters. The summed E-state index contributed by atoms with van der Waals surface area (Å²) >= 11 is 0. The zero-order valence-corrected chi connectivity index (χ0v) is 9.92. The second-order valence-electron chi connectivity index (χ2n) is 4.09. The van der Waals surface area contributed by atoms with E-state index in [1.807, 2.05) is 0 Å². The first-order valence-electron chi connectivity index (χ1n) is 5.50. The molecule has 1 amide bonds. The third-order valence-electron chi connectivity index (χ3n) is 2.31. The van der Waals surface area contributed by atoms with E-state index in [1.54, 1.807) is 18.2 Å². The molecule has 100 valence electrons. The number of nitrogens with one attached hydrogen (secondary N) is 1. The second kappa shape index (κ2) is 5.86. The van der Waals surface area contributed by atoms with Crippen LogP contribution >= 0.6 is 0 Å². The van der Waals surface area contributed by atoms with E-state index in [0.717, 1.165) is 0 Å². The monoisotopic (exact) mass is 260 g/mol. The first-order valence-corrected chi connectivity index (χ1v) is 5.50. The van der Waals surface area contributed by atoms with E-state index in [9.17, 15) is 18.0 Å². The first-order chi connectivity index (χ1) is 8.28. The lowest BCUT2D eigenvalue weighted by Crippen LogP contribution is -2.32. The van der Waals surface area contributed by atoms with E-state index in [1.165, 1.54) is 13.0 Å². The van der Waals surface area contributed by atoms with Crippen LogP contribution in [0.15, 0.2) is 24.3 Å². The molecule has 0 aromatic heterocycles. The topological polar surface area (TPSA) is 55.1 Å². The molecule has 0 saturated heterocycles. The quantitative estimate of drug-likeness (QED) is 0.873. The van der Waals surface area contributed by atoms with E-state index in [4.69, 9.17) is 5.73 Å². The summed E-state index contributed by atoms with van der Waals surface area (Å²) in [5, 5.41) is 2.53. The highest BCUT2D eigenvalue weighted by Gasteiger charge is 2.26. The number of carbonyl (C=O) groups is 1. The zero-order chi connectivity index (χ0) is 13.8. The van der Waals surface area contributed by atoms with Gasteiger partial charge in [-0.3, -0.25) is 4.79 Å². The third kappa shape index (κ3) is 5.18. The Morgan fingerprint density at radius 2 is 2.11 bits per heavy atom. The molecule has 1 aromatic rings. The Kier molecular flexibility index (Phi) is 4.72. The van der Waals surface area contributed by atoms with Gasteiger partial charge in [-0.05, 0) is 31.0 Å². The summed E-state index contributed by atoms with van der Waals surface area (Å²) < 4.78 is 36.2. The van der Waals surface area contributed by atoms with Crippen molar-refractivity contribution in [1.29, 1.82) is 0 Å². The average Bonchev–Trinajstić information content (AvgIpc) is 2.26. The lowest BCUT2D eigenvalue weighted by atomic mass is 10.1. The molecule has 0 heterocycles. The summed E-state index contributed by atoms with van der Waals surface area (Å²) in [6, 6.07) is 5.66. The molecule has 0 aliphatic heterocycles. The van der Waals surface area contributed by atoms with Gasteiger partial charge in [0, 0.05) is 12.1 Å². The van der Waals surface area contributed by atoms with Crippen LogP contribution in [0.1, 0.15) is 18.9 Å². The molecule has 1 atom stereocenters. The number of amides is 1. The predicted molar refractivity (Wildman–Crippen MR) is 63.1 cm³/mol. The number of hydrogen-bond donors (Lipinski definition) is 2. The van der Waals surface area contributed by atoms with E-state index in [-0.39, 0.29) is 12.3 Å². The van der Waals surface area contributed by atoms with Crippen molar-refractivity contribution >= 4 is 11.6 Å². The van der Waals surface area contributed by atoms with Gasteiger partial charge in [0.2, 0.25) is 5.91 Å². The molecule has 0 bridgehead atoms. The Morgan fingerprint density at radius 3 is 2.67 bits per heavy atom. The molecule has 6 heteroatoms. The Labute approximate surface area is 103 Å². The summed E-state index contributed by atoms with van der Waals surface area (Å²) in [4.78, 5) is 11.3. The summed E-state index contributed by atoms with van der Waals surface area (Å²) in [5.74, 6) is -0.372. The maximum Gasteiger partial charge on any atom is 0.389 e. The van der Waals surface area contributed by atoms with Gasteiger partial charge in [0.05, 0.1) is 6.04 Å². The average molecular weight is 260 g/mol. The van der Waals surface area contributed by atoms with Gasteiger partial charge in [-0.2, -0.15) is 13.2 Å². The van der Waals surface area contributed by atoms with Crippen LogP contribution < -0.4 is 11.1 Å². The van der Waals surface area contributed by atoms with Crippen LogP contribution in [0.3, 0.4) is 0 Å². The molecular formula is C12H15F3N2O. The van der Waals surface area contributed by atoms with Crippen LogP contribution in [-0.2, 0) is 11.2 Å². The fraction of sp³-hybridized carbons (Fsp3) is 0.417. The molecular weight excluding hydrogens is 245 g/mol. The van der Waals surface area contributed by atoms with Crippen LogP contribution in [0, 0.1) is 0 Å². The second-order valence-corrected chi connectivity index (χ2v) is 4.09. The van der Waals surface area contributed by atoms with E-state index in [2.05, 4.69) is 5.32 Å². The highest BCUT2D eigenvalue weighted by atomic mass is 19.4. The van der Waals surface area contributed by atoms with Crippen molar-refractivity contribution in [2.24, 2.45) is 5.73 Å². The zero-order valence-electron chi connectivity index (χ0n) is 9.92. The van der Waals surface area contributed by atoms with E-state index in [0.29, 0.717) is 11.3 Å². The van der Waals surface area contributed by atoms with Crippen molar-refractivity contribution in [3.8, 4) is 0 Å². The molecule has 1 rings (SSSR count). The minimum absolute atomic E-state index is 0.106. The van der Waals surface area contributed by atoms with Crippen molar-refractivity contribution in [3.05, 3.63) is 29.8 Å². The minimum atomic E-state index is -4.18. The highest BCUT2D eigenvalue weighted by Crippen LogP contribution is 2.23. The normalized spacial score (nSPS) is 13.2. The molecule has 3 N–H and O–H groups in total. The van der Waals surface area contributed by atoms with Gasteiger partial charge in [-0.15, -0.1) is 0 Å². The van der Waals surface area contributed by atoms with Crippen molar-refractivity contribution in [2.45, 2.75) is 32.0 Å². The molecule has 18 heavy (non-hydrogen) atoms. The SMILES string of the molecule is C[C@@H](N)C(=O)Nc1cccc(CCC(F)(F)F)c1. The minimum Gasteiger partial charge on any atom is -0.325 e. The van der Waals surface area contributed by atoms with Crippen LogP contribution in [0.25, 0.3) is 0 Å². The summed E-state index contributed by atoms with van der Waals surface area (Å²) in [6.07, 6.45) is -5.16. The van der Waals surface area contributed by atoms with Gasteiger partial charge in [0.15, 0.2) is 0 Å². The first kappa shape index (κ1) is 14.5. The highest BCUT2D eigenvalue weighted by molar-refractivity contribution is 5.94. The number of hydrogen-bond acceptors (Lipinski definition) is 2. The Bertz CT molecular complexity index is 416. The number of benzene rings is 1. The number of alkyl halides is 3. The van der Waals surface area contributed by atoms with Crippen LogP contribution in [0.5, 0.6) is 0 Å². The smallest absolute Gasteiger partial charge is 0.325 e. The Balaban J connectivity index is 2.65. The molecule has 0 aliphatic carbocycles. The maximum absolute atomic E-state index is 12.1. The van der Waals surface area contributed by atoms with Crippen molar-refractivity contribution < 1.29 is 18.0 Å². The number of nitrogens with two attached hydrogens (primary N) is 1. The lowest BCUT2D eigenvalue weighted by Gasteiger charge is -2.10. The predicted octanol–water partition coefficient (Wildman–Crippen LogP) is 2.47. The summed E-state index contributed by atoms with van der Waals surface area (Å²) in [5.41, 5.74) is 6.36. The largest absolute Gasteiger partial charge is 0.389 e. The summed E-state index contributed by atoms with van der Waals surface area (Å²) in [6.45, 7) is 1.53. The van der Waals surface area contributed by atoms with Crippen LogP contribution in [0.2, 0.25) is 0 Å². The third-order valence-corrected chi connectivity index (χ3v) is 2.31. The standard InChI is InChI=1S/C12H15F3N2O/c1-8(16)11(18)17-10-4-2-3-9(7-10)5-6-12(13,14)15/h2-4,7-8H,5-6,16H2,1H3,(H,17,18)/t8-/m1/s1. The van der Waals surface area contributed by atoms with E-state index >= 15 is 0 Å². The van der Waals surface area contributed by atoms with Crippen molar-refractivity contribution in [1.82, 2.24) is 0 Å². The van der Waals surface area contributed by atoms with Crippen LogP contribution in [0.4, 0.5) is 18.9 Å². The van der Waals surface area contributed by atoms with Crippen molar-refractivity contribution in [2.75, 3.05) is 5.32 Å². The molecule has 0 saturated carbocycles. The van der Waals surface area contributed by atoms with Gasteiger partial charge in [0.25, 0.3) is 0 Å². The number of aryl methyl sites for hydroxylation is 1. The molecule has 0 fully saturated rings. The number of carbonyl (C=O) groups excluding carboxylic acids is 1. The van der Waals surface area contributed by atoms with Gasteiger partial charge in [0.1, 0.15) is 0 Å². The fourth-order valence-corrected chi connectivity index (χ4v) is 1.35. The number of halogens is 3. The Hall–Kier alpha value is -1.56. The lowest BCUT2D eigenvalue weighted by molar-refractivity contribution is -0.134. The molecule has 1 aromatic carbocycles. The summed E-state index contributed by atoms with van der Waals surface area (Å²) in [7, 11) is 0. The van der Waals surface area contributed by atoms with E-state index < -0.39 is 18.6 Å². The van der Waals surface area contributed by atoms with Gasteiger partial charge in [-0.25, -0.2) is 0 Å². The van der Waals surface area contributed by atoms with Crippen molar-refractivity contribution in [3.63, 3.8) is 0 Å². The molecule has 0 spiro atoms. The molecule has 0 radical (unpaired) electrons. The van der Waals surface area contributed by atoms with Gasteiger partial charge < -0.3 is 11.1 Å². The molecule has 3 nitrogen and oxygen atoms in total. The number of rotatable bonds is 4. The maximum atomic E-state index is 12.1. The Morgan fingerprint density at radius 1 is 1.44 bits per heavy atom. The van der Waals surface area contributed by atoms with Crippen LogP contribution in [-0.4, -0.2) is 18.1 Å². The molecule has 0 aliphatic rings. The fourth-order valence-electron chi connectivity index (χ4n) is 1.35. The van der Waals surface area contributed by atoms with Gasteiger partial charge >= 0.3 is 6.18 Å². The number of anilines is 1. The van der Waals surface area contributed by atoms with Gasteiger partial charge in [-0.1, -0.05) is 12.1 Å².